The van der Waals surface area contributed by atoms with Crippen molar-refractivity contribution >= 4 is 10.9 Å². The molecule has 0 aliphatic rings. The first-order chi connectivity index (χ1) is 8.15. The topological polar surface area (TPSA) is 22.8 Å². The fourth-order valence-electron chi connectivity index (χ4n) is 2.34. The molecule has 2 aromatic heterocycles. The summed E-state index contributed by atoms with van der Waals surface area (Å²) in [6.07, 6.45) is 6.11. The van der Waals surface area contributed by atoms with Crippen molar-refractivity contribution in [1.29, 1.82) is 0 Å². The van der Waals surface area contributed by atoms with Crippen LogP contribution in [0.15, 0.2) is 36.8 Å². The number of hydrogen-bond acceptors (Lipinski definition) is 1. The van der Waals surface area contributed by atoms with Gasteiger partial charge in [-0.1, -0.05) is 6.07 Å². The lowest BCUT2D eigenvalue weighted by molar-refractivity contribution is 0.768. The van der Waals surface area contributed by atoms with Crippen molar-refractivity contribution in [2.45, 2.75) is 6.92 Å². The first-order valence-electron chi connectivity index (χ1n) is 5.70. The smallest absolute Gasteiger partial charge is 0.0568 e. The maximum Gasteiger partial charge on any atom is 0.0568 e. The summed E-state index contributed by atoms with van der Waals surface area (Å²) < 4.78 is 4.00. The summed E-state index contributed by atoms with van der Waals surface area (Å²) >= 11 is 0. The molecular weight excluding hydrogens is 210 g/mol. The van der Waals surface area contributed by atoms with Crippen molar-refractivity contribution in [3.05, 3.63) is 42.4 Å². The van der Waals surface area contributed by atoms with E-state index in [4.69, 9.17) is 0 Å². The van der Waals surface area contributed by atoms with Crippen molar-refractivity contribution in [1.82, 2.24) is 14.3 Å². The zero-order chi connectivity index (χ0) is 12.0. The van der Waals surface area contributed by atoms with E-state index in [2.05, 4.69) is 48.0 Å². The van der Waals surface area contributed by atoms with Gasteiger partial charge in [-0.05, 0) is 30.2 Å². The fraction of sp³-hybridized carbons (Fsp3) is 0.214. The highest BCUT2D eigenvalue weighted by Gasteiger charge is 2.06. The summed E-state index contributed by atoms with van der Waals surface area (Å²) in [7, 11) is 4.02. The van der Waals surface area contributed by atoms with Crippen molar-refractivity contribution in [3.8, 4) is 11.1 Å². The molecule has 0 amide bonds. The standard InChI is InChI=1S/C14H15N3/c1-10-8-16(2)14-5-4-11(6-13(10)14)12-7-15-17(3)9-12/h4-9H,1-3H3. The molecule has 0 N–H and O–H groups in total. The van der Waals surface area contributed by atoms with Crippen LogP contribution in [-0.4, -0.2) is 14.3 Å². The lowest BCUT2D eigenvalue weighted by atomic mass is 10.1. The summed E-state index contributed by atoms with van der Waals surface area (Å²) in [5.74, 6) is 0. The quantitative estimate of drug-likeness (QED) is 0.624. The van der Waals surface area contributed by atoms with E-state index in [0.29, 0.717) is 0 Å². The number of nitrogens with zero attached hydrogens (tertiary/aromatic N) is 3. The van der Waals surface area contributed by atoms with Gasteiger partial charge in [-0.2, -0.15) is 5.10 Å². The first kappa shape index (κ1) is 10.1. The monoisotopic (exact) mass is 225 g/mol. The van der Waals surface area contributed by atoms with Gasteiger partial charge in [0.25, 0.3) is 0 Å². The summed E-state index contributed by atoms with van der Waals surface area (Å²) in [4.78, 5) is 0. The van der Waals surface area contributed by atoms with Gasteiger partial charge < -0.3 is 4.57 Å². The highest BCUT2D eigenvalue weighted by Crippen LogP contribution is 2.26. The molecule has 0 atom stereocenters. The molecular formula is C14H15N3. The molecule has 0 fully saturated rings. The summed E-state index contributed by atoms with van der Waals surface area (Å²) in [5, 5.41) is 5.53. The van der Waals surface area contributed by atoms with Crippen LogP contribution in [0.1, 0.15) is 5.56 Å². The lowest BCUT2D eigenvalue weighted by Gasteiger charge is -2.00. The Bertz CT molecular complexity index is 689. The van der Waals surface area contributed by atoms with Crippen molar-refractivity contribution in [3.63, 3.8) is 0 Å². The average molecular weight is 225 g/mol. The molecule has 2 heterocycles. The van der Waals surface area contributed by atoms with Crippen LogP contribution < -0.4 is 0 Å². The van der Waals surface area contributed by atoms with E-state index in [0.717, 1.165) is 5.56 Å². The highest BCUT2D eigenvalue weighted by atomic mass is 15.2. The summed E-state index contributed by atoms with van der Waals surface area (Å²) in [5.41, 5.74) is 4.97. The highest BCUT2D eigenvalue weighted by molar-refractivity contribution is 5.88. The fourth-order valence-corrected chi connectivity index (χ4v) is 2.34. The van der Waals surface area contributed by atoms with E-state index in [9.17, 15) is 0 Å². The predicted molar refractivity (Wildman–Crippen MR) is 69.9 cm³/mol. The summed E-state index contributed by atoms with van der Waals surface area (Å²) in [6.45, 7) is 2.15. The molecule has 3 rings (SSSR count). The second kappa shape index (κ2) is 3.48. The Hall–Kier alpha value is -2.03. The Kier molecular flexibility index (Phi) is 2.08. The lowest BCUT2D eigenvalue weighted by Crippen LogP contribution is -1.84. The zero-order valence-electron chi connectivity index (χ0n) is 10.3. The predicted octanol–water partition coefficient (Wildman–Crippen LogP) is 2.89. The minimum Gasteiger partial charge on any atom is -0.350 e. The second-order valence-corrected chi connectivity index (χ2v) is 4.56. The Morgan fingerprint density at radius 2 is 1.88 bits per heavy atom. The van der Waals surface area contributed by atoms with Gasteiger partial charge in [0, 0.05) is 43.0 Å². The molecule has 3 nitrogen and oxygen atoms in total. The SMILES string of the molecule is Cc1cn(C)c2ccc(-c3cnn(C)c3)cc12. The van der Waals surface area contributed by atoms with Crippen LogP contribution in [0.25, 0.3) is 22.0 Å². The molecule has 86 valence electrons. The van der Waals surface area contributed by atoms with E-state index in [-0.39, 0.29) is 0 Å². The molecule has 0 spiro atoms. The van der Waals surface area contributed by atoms with Crippen LogP contribution in [0.2, 0.25) is 0 Å². The maximum absolute atomic E-state index is 4.21. The minimum atomic E-state index is 1.16. The third-order valence-electron chi connectivity index (χ3n) is 3.23. The van der Waals surface area contributed by atoms with Gasteiger partial charge >= 0.3 is 0 Å². The van der Waals surface area contributed by atoms with Crippen LogP contribution >= 0.6 is 0 Å². The van der Waals surface area contributed by atoms with E-state index in [1.165, 1.54) is 22.0 Å². The molecule has 0 saturated heterocycles. The Balaban J connectivity index is 2.22. The summed E-state index contributed by atoms with van der Waals surface area (Å²) in [6, 6.07) is 6.56. The number of rotatable bonds is 1. The van der Waals surface area contributed by atoms with Gasteiger partial charge in [0.05, 0.1) is 6.20 Å². The second-order valence-electron chi connectivity index (χ2n) is 4.56. The Morgan fingerprint density at radius 1 is 1.06 bits per heavy atom. The van der Waals surface area contributed by atoms with Crippen LogP contribution in [0.4, 0.5) is 0 Å². The van der Waals surface area contributed by atoms with Crippen molar-refractivity contribution in [2.24, 2.45) is 14.1 Å². The molecule has 17 heavy (non-hydrogen) atoms. The van der Waals surface area contributed by atoms with Gasteiger partial charge in [0.1, 0.15) is 0 Å². The van der Waals surface area contributed by atoms with Crippen LogP contribution in [0.5, 0.6) is 0 Å². The van der Waals surface area contributed by atoms with E-state index in [1.54, 1.807) is 0 Å². The van der Waals surface area contributed by atoms with Crippen LogP contribution in [0.3, 0.4) is 0 Å². The van der Waals surface area contributed by atoms with Gasteiger partial charge in [0.15, 0.2) is 0 Å². The van der Waals surface area contributed by atoms with E-state index < -0.39 is 0 Å². The Morgan fingerprint density at radius 3 is 2.59 bits per heavy atom. The third-order valence-corrected chi connectivity index (χ3v) is 3.23. The molecule has 0 aliphatic heterocycles. The number of fused-ring (bicyclic) bond motifs is 1. The van der Waals surface area contributed by atoms with Gasteiger partial charge in [-0.3, -0.25) is 4.68 Å². The Labute approximate surface area is 100 Å². The number of hydrogen-bond donors (Lipinski definition) is 0. The first-order valence-corrected chi connectivity index (χ1v) is 5.70. The molecule has 3 aromatic rings. The van der Waals surface area contributed by atoms with E-state index in [1.807, 2.05) is 24.1 Å². The van der Waals surface area contributed by atoms with Gasteiger partial charge in [0.2, 0.25) is 0 Å². The number of aryl methyl sites for hydroxylation is 3. The molecule has 0 saturated carbocycles. The van der Waals surface area contributed by atoms with E-state index >= 15 is 0 Å². The molecule has 3 heteroatoms. The molecule has 0 radical (unpaired) electrons. The zero-order valence-corrected chi connectivity index (χ0v) is 10.3. The van der Waals surface area contributed by atoms with Crippen LogP contribution in [0, 0.1) is 6.92 Å². The van der Waals surface area contributed by atoms with Gasteiger partial charge in [-0.15, -0.1) is 0 Å². The van der Waals surface area contributed by atoms with Crippen LogP contribution in [-0.2, 0) is 14.1 Å². The van der Waals surface area contributed by atoms with Crippen molar-refractivity contribution in [2.75, 3.05) is 0 Å². The molecule has 0 aliphatic carbocycles. The minimum absolute atomic E-state index is 1.16. The largest absolute Gasteiger partial charge is 0.350 e. The average Bonchev–Trinajstić information content (AvgIpc) is 2.85. The van der Waals surface area contributed by atoms with Gasteiger partial charge in [-0.25, -0.2) is 0 Å². The molecule has 1 aromatic carbocycles. The number of benzene rings is 1. The maximum atomic E-state index is 4.21. The normalized spacial score (nSPS) is 11.2. The third kappa shape index (κ3) is 1.55. The van der Waals surface area contributed by atoms with Crippen molar-refractivity contribution < 1.29 is 0 Å². The molecule has 0 unspecified atom stereocenters. The molecule has 0 bridgehead atoms. The number of aromatic nitrogens is 3.